The van der Waals surface area contributed by atoms with Crippen molar-refractivity contribution in [3.63, 3.8) is 0 Å². The molecule has 0 bridgehead atoms. The molecule has 0 saturated carbocycles. The molecule has 28 heavy (non-hydrogen) atoms. The Hall–Kier alpha value is -3.17. The molecule has 6 heteroatoms. The molecule has 1 amide bonds. The Bertz CT molecular complexity index is 1030. The average Bonchev–Trinajstić information content (AvgIpc) is 3.13. The number of amides is 1. The zero-order valence-corrected chi connectivity index (χ0v) is 16.4. The molecular weight excluding hydrogens is 370 g/mol. The Balaban J connectivity index is 1.58. The van der Waals surface area contributed by atoms with Crippen LogP contribution < -0.4 is 10.6 Å². The van der Waals surface area contributed by atoms with Gasteiger partial charge in [0.25, 0.3) is 5.91 Å². The largest absolute Gasteiger partial charge is 0.451 e. The van der Waals surface area contributed by atoms with E-state index >= 15 is 0 Å². The van der Waals surface area contributed by atoms with Crippen molar-refractivity contribution >= 4 is 39.9 Å². The first kappa shape index (κ1) is 19.6. The minimum Gasteiger partial charge on any atom is -0.451 e. The molecule has 2 aromatic carbocycles. The van der Waals surface area contributed by atoms with Crippen molar-refractivity contribution in [2.24, 2.45) is 0 Å². The van der Waals surface area contributed by atoms with Crippen LogP contribution in [0.3, 0.4) is 0 Å². The molecule has 0 aliphatic rings. The number of hydrogen-bond acceptors (Lipinski definition) is 4. The van der Waals surface area contributed by atoms with Gasteiger partial charge < -0.3 is 9.73 Å². The minimum atomic E-state index is -0.441. The molecule has 0 unspecified atom stereocenters. The van der Waals surface area contributed by atoms with Crippen LogP contribution in [0.4, 0.5) is 5.69 Å². The van der Waals surface area contributed by atoms with Gasteiger partial charge in [-0.1, -0.05) is 31.9 Å². The highest BCUT2D eigenvalue weighted by Gasteiger charge is 2.14. The molecule has 0 aliphatic carbocycles. The predicted molar refractivity (Wildman–Crippen MR) is 114 cm³/mol. The summed E-state index contributed by atoms with van der Waals surface area (Å²) in [7, 11) is 0. The molecule has 2 N–H and O–H groups in total. The molecule has 0 spiro atoms. The van der Waals surface area contributed by atoms with E-state index in [1.54, 1.807) is 24.3 Å². The third-order valence-corrected chi connectivity index (χ3v) is 4.58. The molecular formula is C22H21N3O2S. The molecule has 0 radical (unpaired) electrons. The molecule has 1 heterocycles. The van der Waals surface area contributed by atoms with Crippen LogP contribution in [0.1, 0.15) is 47.9 Å². The number of thiocarbonyl (C=S) groups is 1. The molecule has 5 nitrogen and oxygen atoms in total. The zero-order valence-electron chi connectivity index (χ0n) is 15.6. The van der Waals surface area contributed by atoms with Crippen LogP contribution in [0.2, 0.25) is 0 Å². The molecule has 3 rings (SSSR count). The highest BCUT2D eigenvalue weighted by molar-refractivity contribution is 7.80. The molecule has 142 valence electrons. The molecule has 0 fully saturated rings. The Morgan fingerprint density at radius 2 is 1.93 bits per heavy atom. The van der Waals surface area contributed by atoms with Crippen LogP contribution in [0.5, 0.6) is 0 Å². The molecule has 0 saturated heterocycles. The van der Waals surface area contributed by atoms with E-state index in [9.17, 15) is 4.79 Å². The fraction of sp³-hybridized carbons (Fsp3) is 0.227. The van der Waals surface area contributed by atoms with Crippen molar-refractivity contribution in [3.8, 4) is 6.07 Å². The summed E-state index contributed by atoms with van der Waals surface area (Å²) in [5.41, 5.74) is 3.15. The van der Waals surface area contributed by atoms with Gasteiger partial charge in [0, 0.05) is 11.1 Å². The quantitative estimate of drug-likeness (QED) is 0.448. The highest BCUT2D eigenvalue weighted by Crippen LogP contribution is 2.20. The third-order valence-electron chi connectivity index (χ3n) is 4.38. The Labute approximate surface area is 169 Å². The lowest BCUT2D eigenvalue weighted by atomic mass is 10.1. The zero-order chi connectivity index (χ0) is 19.9. The fourth-order valence-corrected chi connectivity index (χ4v) is 3.10. The van der Waals surface area contributed by atoms with Crippen LogP contribution in [-0.2, 0) is 6.42 Å². The van der Waals surface area contributed by atoms with Gasteiger partial charge in [0.1, 0.15) is 5.58 Å². The van der Waals surface area contributed by atoms with E-state index in [1.807, 2.05) is 12.1 Å². The van der Waals surface area contributed by atoms with E-state index in [0.717, 1.165) is 12.1 Å². The van der Waals surface area contributed by atoms with E-state index in [4.69, 9.17) is 21.9 Å². The highest BCUT2D eigenvalue weighted by atomic mass is 32.1. The number of nitrogens with zero attached hydrogens (tertiary/aromatic N) is 1. The Morgan fingerprint density at radius 3 is 2.64 bits per heavy atom. The van der Waals surface area contributed by atoms with Crippen molar-refractivity contribution in [2.45, 2.75) is 32.6 Å². The first-order valence-corrected chi connectivity index (χ1v) is 9.65. The number of hydrogen-bond donors (Lipinski definition) is 2. The van der Waals surface area contributed by atoms with Crippen LogP contribution in [-0.4, -0.2) is 11.0 Å². The third kappa shape index (κ3) is 4.96. The minimum absolute atomic E-state index is 0.139. The van der Waals surface area contributed by atoms with Crippen LogP contribution in [0.15, 0.2) is 52.9 Å². The summed E-state index contributed by atoms with van der Waals surface area (Å²) >= 11 is 5.22. The summed E-state index contributed by atoms with van der Waals surface area (Å²) < 4.78 is 5.53. The summed E-state index contributed by atoms with van der Waals surface area (Å²) in [6, 6.07) is 16.7. The number of aryl methyl sites for hydroxylation is 1. The number of benzene rings is 2. The maximum atomic E-state index is 12.4. The monoisotopic (exact) mass is 391 g/mol. The van der Waals surface area contributed by atoms with Gasteiger partial charge in [-0.15, -0.1) is 0 Å². The number of anilines is 1. The van der Waals surface area contributed by atoms with Crippen molar-refractivity contribution in [3.05, 3.63) is 65.4 Å². The lowest BCUT2D eigenvalue weighted by molar-refractivity contribution is 0.0953. The number of carbonyl (C=O) groups is 1. The average molecular weight is 391 g/mol. The Morgan fingerprint density at radius 1 is 1.14 bits per heavy atom. The lowest BCUT2D eigenvalue weighted by Crippen LogP contribution is -2.33. The molecule has 0 atom stereocenters. The van der Waals surface area contributed by atoms with Gasteiger partial charge in [-0.25, -0.2) is 0 Å². The summed E-state index contributed by atoms with van der Waals surface area (Å²) in [4.78, 5) is 12.4. The predicted octanol–water partition coefficient (Wildman–Crippen LogP) is 5.16. The topological polar surface area (TPSA) is 78.1 Å². The van der Waals surface area contributed by atoms with E-state index in [0.29, 0.717) is 16.5 Å². The first-order valence-electron chi connectivity index (χ1n) is 9.24. The molecule has 0 aliphatic heterocycles. The fourth-order valence-electron chi connectivity index (χ4n) is 2.89. The number of carbonyl (C=O) groups excluding carboxylic acids is 1. The van der Waals surface area contributed by atoms with Gasteiger partial charge in [-0.05, 0) is 67.0 Å². The van der Waals surface area contributed by atoms with Crippen molar-refractivity contribution < 1.29 is 9.21 Å². The van der Waals surface area contributed by atoms with Crippen LogP contribution >= 0.6 is 12.2 Å². The number of fused-ring (bicyclic) bond motifs is 1. The SMILES string of the molecule is CCCCCc1ccc(NC(=S)NC(=O)c2cc3cc(C#N)ccc3o2)cc1. The molecule has 1 aromatic heterocycles. The number of nitrogens with one attached hydrogen (secondary N) is 2. The Kier molecular flexibility index (Phi) is 6.41. The number of unbranched alkanes of at least 4 members (excludes halogenated alkanes) is 2. The van der Waals surface area contributed by atoms with Crippen molar-refractivity contribution in [2.75, 3.05) is 5.32 Å². The van der Waals surface area contributed by atoms with Crippen LogP contribution in [0.25, 0.3) is 11.0 Å². The number of nitriles is 1. The normalized spacial score (nSPS) is 10.4. The summed E-state index contributed by atoms with van der Waals surface area (Å²) in [6.45, 7) is 2.19. The van der Waals surface area contributed by atoms with Crippen LogP contribution in [0, 0.1) is 11.3 Å². The van der Waals surface area contributed by atoms with E-state index in [-0.39, 0.29) is 10.9 Å². The summed E-state index contributed by atoms with van der Waals surface area (Å²) in [5, 5.41) is 15.5. The smallest absolute Gasteiger partial charge is 0.293 e. The lowest BCUT2D eigenvalue weighted by Gasteiger charge is -2.09. The van der Waals surface area contributed by atoms with E-state index < -0.39 is 5.91 Å². The van der Waals surface area contributed by atoms with Gasteiger partial charge in [0.05, 0.1) is 11.6 Å². The van der Waals surface area contributed by atoms with Gasteiger partial charge in [-0.3, -0.25) is 10.1 Å². The second kappa shape index (κ2) is 9.16. The van der Waals surface area contributed by atoms with Gasteiger partial charge in [-0.2, -0.15) is 5.26 Å². The number of rotatable bonds is 6. The van der Waals surface area contributed by atoms with Crippen molar-refractivity contribution in [1.82, 2.24) is 5.32 Å². The first-order chi connectivity index (χ1) is 13.6. The van der Waals surface area contributed by atoms with Gasteiger partial charge in [0.2, 0.25) is 0 Å². The number of furan rings is 1. The van der Waals surface area contributed by atoms with E-state index in [1.165, 1.54) is 24.8 Å². The second-order valence-electron chi connectivity index (χ2n) is 6.54. The second-order valence-corrected chi connectivity index (χ2v) is 6.95. The summed E-state index contributed by atoms with van der Waals surface area (Å²) in [6.07, 6.45) is 4.69. The van der Waals surface area contributed by atoms with Crippen molar-refractivity contribution in [1.29, 1.82) is 5.26 Å². The maximum absolute atomic E-state index is 12.4. The van der Waals surface area contributed by atoms with Gasteiger partial charge >= 0.3 is 0 Å². The molecule has 3 aromatic rings. The van der Waals surface area contributed by atoms with Gasteiger partial charge in [0.15, 0.2) is 10.9 Å². The maximum Gasteiger partial charge on any atom is 0.293 e. The van der Waals surface area contributed by atoms with E-state index in [2.05, 4.69) is 35.8 Å². The standard InChI is InChI=1S/C22H21N3O2S/c1-2-3-4-5-15-6-9-18(10-7-15)24-22(28)25-21(26)20-13-17-12-16(14-23)8-11-19(17)27-20/h6-13H,2-5H2,1H3,(H2,24,25,26,28). The summed E-state index contributed by atoms with van der Waals surface area (Å²) in [5.74, 6) is -0.302.